The standard InChI is InChI=1S/C11H8F3NO4S/c12-11(13,14)9-3-1-2-4-10(9)19-20(16,17)7-8-5-6-18-15-8/h1-6H,7H2. The van der Waals surface area contributed by atoms with Crippen LogP contribution in [0.25, 0.3) is 0 Å². The molecule has 108 valence electrons. The van der Waals surface area contributed by atoms with Gasteiger partial charge < -0.3 is 8.71 Å². The summed E-state index contributed by atoms with van der Waals surface area (Å²) in [5, 5.41) is 3.36. The molecule has 0 aliphatic rings. The molecular weight excluding hydrogens is 299 g/mol. The summed E-state index contributed by atoms with van der Waals surface area (Å²) in [5.41, 5.74) is -1.13. The monoisotopic (exact) mass is 307 g/mol. The lowest BCUT2D eigenvalue weighted by molar-refractivity contribution is -0.138. The molecule has 20 heavy (non-hydrogen) atoms. The molecule has 0 saturated carbocycles. The number of aromatic nitrogens is 1. The van der Waals surface area contributed by atoms with Crippen LogP contribution < -0.4 is 4.18 Å². The van der Waals surface area contributed by atoms with Gasteiger partial charge in [-0.2, -0.15) is 21.6 Å². The maximum atomic E-state index is 12.7. The van der Waals surface area contributed by atoms with Crippen LogP contribution in [0.5, 0.6) is 5.75 Å². The van der Waals surface area contributed by atoms with Gasteiger partial charge in [-0.3, -0.25) is 0 Å². The fraction of sp³-hybridized carbons (Fsp3) is 0.182. The fourth-order valence-corrected chi connectivity index (χ4v) is 2.42. The Balaban J connectivity index is 2.26. The second-order valence-electron chi connectivity index (χ2n) is 3.77. The molecule has 1 aromatic heterocycles. The van der Waals surface area contributed by atoms with E-state index in [0.717, 1.165) is 24.5 Å². The lowest BCUT2D eigenvalue weighted by Crippen LogP contribution is -2.15. The summed E-state index contributed by atoms with van der Waals surface area (Å²) in [4.78, 5) is 0. The Morgan fingerprint density at radius 1 is 1.20 bits per heavy atom. The quantitative estimate of drug-likeness (QED) is 0.812. The minimum atomic E-state index is -4.71. The number of para-hydroxylation sites is 1. The van der Waals surface area contributed by atoms with E-state index in [1.54, 1.807) is 0 Å². The molecule has 1 aromatic carbocycles. The van der Waals surface area contributed by atoms with Crippen molar-refractivity contribution in [2.75, 3.05) is 0 Å². The second-order valence-corrected chi connectivity index (χ2v) is 5.34. The van der Waals surface area contributed by atoms with Crippen LogP contribution in [0.1, 0.15) is 11.3 Å². The maximum absolute atomic E-state index is 12.7. The predicted molar refractivity (Wildman–Crippen MR) is 61.2 cm³/mol. The van der Waals surface area contributed by atoms with Gasteiger partial charge in [-0.1, -0.05) is 17.3 Å². The number of rotatable bonds is 4. The molecule has 0 aliphatic heterocycles. The lowest BCUT2D eigenvalue weighted by atomic mass is 10.2. The molecule has 2 aromatic rings. The molecule has 0 spiro atoms. The largest absolute Gasteiger partial charge is 0.420 e. The van der Waals surface area contributed by atoms with E-state index >= 15 is 0 Å². The highest BCUT2D eigenvalue weighted by Gasteiger charge is 2.35. The van der Waals surface area contributed by atoms with E-state index in [-0.39, 0.29) is 5.69 Å². The summed E-state index contributed by atoms with van der Waals surface area (Å²) in [6.07, 6.45) is -3.56. The smallest absolute Gasteiger partial charge is 0.381 e. The Bertz CT molecular complexity index is 680. The van der Waals surface area contributed by atoms with E-state index in [9.17, 15) is 21.6 Å². The maximum Gasteiger partial charge on any atom is 0.420 e. The second kappa shape index (κ2) is 5.16. The highest BCUT2D eigenvalue weighted by Crippen LogP contribution is 2.36. The van der Waals surface area contributed by atoms with Crippen LogP contribution in [-0.4, -0.2) is 13.6 Å². The van der Waals surface area contributed by atoms with Gasteiger partial charge in [0, 0.05) is 6.07 Å². The first kappa shape index (κ1) is 14.4. The number of hydrogen-bond donors (Lipinski definition) is 0. The first-order valence-electron chi connectivity index (χ1n) is 5.25. The summed E-state index contributed by atoms with van der Waals surface area (Å²) in [6.45, 7) is 0. The molecular formula is C11H8F3NO4S. The highest BCUT2D eigenvalue weighted by atomic mass is 32.2. The molecule has 0 saturated heterocycles. The van der Waals surface area contributed by atoms with E-state index in [1.165, 1.54) is 12.1 Å². The summed E-state index contributed by atoms with van der Waals surface area (Å²) in [6, 6.07) is 5.33. The molecule has 5 nitrogen and oxygen atoms in total. The zero-order valence-electron chi connectivity index (χ0n) is 9.79. The van der Waals surface area contributed by atoms with E-state index < -0.39 is 33.4 Å². The first-order chi connectivity index (χ1) is 9.28. The van der Waals surface area contributed by atoms with Gasteiger partial charge in [-0.25, -0.2) is 0 Å². The van der Waals surface area contributed by atoms with Crippen LogP contribution in [0.3, 0.4) is 0 Å². The number of hydrogen-bond acceptors (Lipinski definition) is 5. The molecule has 0 fully saturated rings. The van der Waals surface area contributed by atoms with Crippen molar-refractivity contribution in [1.82, 2.24) is 5.16 Å². The predicted octanol–water partition coefficient (Wildman–Crippen LogP) is 2.60. The number of alkyl halides is 3. The van der Waals surface area contributed by atoms with Gasteiger partial charge in [-0.15, -0.1) is 0 Å². The van der Waals surface area contributed by atoms with Crippen molar-refractivity contribution in [2.24, 2.45) is 0 Å². The minimum absolute atomic E-state index is 0.0366. The van der Waals surface area contributed by atoms with E-state index in [2.05, 4.69) is 13.9 Å². The van der Waals surface area contributed by atoms with Crippen LogP contribution in [0.4, 0.5) is 13.2 Å². The van der Waals surface area contributed by atoms with Gasteiger partial charge in [0.25, 0.3) is 0 Å². The van der Waals surface area contributed by atoms with Crippen molar-refractivity contribution in [3.63, 3.8) is 0 Å². The highest BCUT2D eigenvalue weighted by molar-refractivity contribution is 7.86. The van der Waals surface area contributed by atoms with Crippen LogP contribution in [0.2, 0.25) is 0 Å². The molecule has 0 amide bonds. The third-order valence-corrected chi connectivity index (χ3v) is 3.31. The van der Waals surface area contributed by atoms with Crippen molar-refractivity contribution in [3.8, 4) is 5.75 Å². The lowest BCUT2D eigenvalue weighted by Gasteiger charge is -2.12. The molecule has 1 heterocycles. The Morgan fingerprint density at radius 2 is 1.90 bits per heavy atom. The minimum Gasteiger partial charge on any atom is -0.381 e. The molecule has 0 aliphatic carbocycles. The van der Waals surface area contributed by atoms with Crippen molar-refractivity contribution >= 4 is 10.1 Å². The first-order valence-corrected chi connectivity index (χ1v) is 6.83. The molecule has 0 unspecified atom stereocenters. The SMILES string of the molecule is O=S(=O)(Cc1ccon1)Oc1ccccc1C(F)(F)F. The average Bonchev–Trinajstić information content (AvgIpc) is 2.79. The molecule has 0 atom stereocenters. The summed E-state index contributed by atoms with van der Waals surface area (Å²) < 4.78 is 70.4. The van der Waals surface area contributed by atoms with Crippen molar-refractivity contribution in [2.45, 2.75) is 11.9 Å². The average molecular weight is 307 g/mol. The van der Waals surface area contributed by atoms with Gasteiger partial charge in [0.1, 0.15) is 17.7 Å². The van der Waals surface area contributed by atoms with Crippen molar-refractivity contribution < 1.29 is 30.3 Å². The van der Waals surface area contributed by atoms with Crippen LogP contribution in [-0.2, 0) is 22.0 Å². The van der Waals surface area contributed by atoms with Gasteiger partial charge in [0.2, 0.25) is 0 Å². The zero-order chi connectivity index (χ0) is 14.8. The number of halogens is 3. The number of nitrogens with zero attached hydrogens (tertiary/aromatic N) is 1. The molecule has 0 radical (unpaired) electrons. The normalized spacial score (nSPS) is 12.3. The summed E-state index contributed by atoms with van der Waals surface area (Å²) in [7, 11) is -4.26. The zero-order valence-corrected chi connectivity index (χ0v) is 10.6. The van der Waals surface area contributed by atoms with E-state index in [1.807, 2.05) is 0 Å². The Morgan fingerprint density at radius 3 is 2.50 bits per heavy atom. The Labute approximate surface area is 112 Å². The third kappa shape index (κ3) is 3.50. The Hall–Kier alpha value is -2.03. The van der Waals surface area contributed by atoms with E-state index in [4.69, 9.17) is 0 Å². The van der Waals surface area contributed by atoms with Crippen LogP contribution >= 0.6 is 0 Å². The van der Waals surface area contributed by atoms with Crippen LogP contribution in [0.15, 0.2) is 41.1 Å². The summed E-state index contributed by atoms with van der Waals surface area (Å²) >= 11 is 0. The number of benzene rings is 1. The van der Waals surface area contributed by atoms with Crippen molar-refractivity contribution in [1.29, 1.82) is 0 Å². The van der Waals surface area contributed by atoms with Crippen molar-refractivity contribution in [3.05, 3.63) is 47.9 Å². The van der Waals surface area contributed by atoms with Gasteiger partial charge >= 0.3 is 16.3 Å². The van der Waals surface area contributed by atoms with Gasteiger partial charge in [-0.05, 0) is 12.1 Å². The van der Waals surface area contributed by atoms with Crippen LogP contribution in [0, 0.1) is 0 Å². The molecule has 9 heteroatoms. The molecule has 0 bridgehead atoms. The van der Waals surface area contributed by atoms with Gasteiger partial charge in [0.05, 0.1) is 5.56 Å². The Kier molecular flexibility index (Phi) is 3.71. The van der Waals surface area contributed by atoms with Gasteiger partial charge in [0.15, 0.2) is 5.75 Å². The topological polar surface area (TPSA) is 69.4 Å². The molecule has 0 N–H and O–H groups in total. The van der Waals surface area contributed by atoms with E-state index in [0.29, 0.717) is 0 Å². The summed E-state index contributed by atoms with van der Waals surface area (Å²) in [5.74, 6) is -1.46. The molecule has 2 rings (SSSR count). The third-order valence-electron chi connectivity index (χ3n) is 2.23. The fourth-order valence-electron chi connectivity index (χ4n) is 1.43.